The number of hydrogen-bond acceptors (Lipinski definition) is 2. The van der Waals surface area contributed by atoms with Gasteiger partial charge in [0.15, 0.2) is 0 Å². The van der Waals surface area contributed by atoms with E-state index in [-0.39, 0.29) is 17.6 Å². The normalized spacial score (nSPS) is 15.6. The SMILES string of the molecule is N#CC(NC(=O)c1ccc(F)c2ccccc12)C1CC1. The summed E-state index contributed by atoms with van der Waals surface area (Å²) in [5.74, 6) is -0.411. The molecule has 1 amide bonds. The molecule has 20 heavy (non-hydrogen) atoms. The molecule has 0 spiro atoms. The smallest absolute Gasteiger partial charge is 0.252 e. The third-order valence-corrected chi connectivity index (χ3v) is 3.63. The molecule has 1 aliphatic rings. The van der Waals surface area contributed by atoms with Crippen LogP contribution in [0, 0.1) is 23.1 Å². The van der Waals surface area contributed by atoms with Crippen LogP contribution in [-0.4, -0.2) is 11.9 Å². The number of nitriles is 1. The van der Waals surface area contributed by atoms with Crippen molar-refractivity contribution in [3.63, 3.8) is 0 Å². The van der Waals surface area contributed by atoms with Gasteiger partial charge >= 0.3 is 0 Å². The number of benzene rings is 2. The average molecular weight is 268 g/mol. The third-order valence-electron chi connectivity index (χ3n) is 3.63. The largest absolute Gasteiger partial charge is 0.336 e. The van der Waals surface area contributed by atoms with Crippen molar-refractivity contribution in [3.8, 4) is 6.07 Å². The zero-order chi connectivity index (χ0) is 14.1. The summed E-state index contributed by atoms with van der Waals surface area (Å²) in [5.41, 5.74) is 0.405. The number of carbonyl (C=O) groups excluding carboxylic acids is 1. The van der Waals surface area contributed by atoms with Gasteiger partial charge in [-0.3, -0.25) is 4.79 Å². The van der Waals surface area contributed by atoms with E-state index in [9.17, 15) is 9.18 Å². The lowest BCUT2D eigenvalue weighted by Gasteiger charge is -2.12. The van der Waals surface area contributed by atoms with Gasteiger partial charge in [-0.05, 0) is 36.3 Å². The molecule has 1 saturated carbocycles. The molecule has 100 valence electrons. The summed E-state index contributed by atoms with van der Waals surface area (Å²) < 4.78 is 13.7. The van der Waals surface area contributed by atoms with Gasteiger partial charge in [-0.1, -0.05) is 24.3 Å². The second kappa shape index (κ2) is 4.93. The summed E-state index contributed by atoms with van der Waals surface area (Å²) in [6, 6.07) is 11.3. The maximum absolute atomic E-state index is 13.7. The first-order chi connectivity index (χ1) is 9.70. The number of amides is 1. The molecule has 0 aromatic heterocycles. The van der Waals surface area contributed by atoms with E-state index in [1.54, 1.807) is 24.3 Å². The van der Waals surface area contributed by atoms with Gasteiger partial charge < -0.3 is 5.32 Å². The highest BCUT2D eigenvalue weighted by Gasteiger charge is 2.32. The molecule has 4 heteroatoms. The molecule has 1 N–H and O–H groups in total. The number of fused-ring (bicyclic) bond motifs is 1. The van der Waals surface area contributed by atoms with Crippen molar-refractivity contribution >= 4 is 16.7 Å². The quantitative estimate of drug-likeness (QED) is 0.930. The molecule has 2 aromatic rings. The molecule has 0 saturated heterocycles. The second-order valence-electron chi connectivity index (χ2n) is 5.06. The number of nitrogens with one attached hydrogen (secondary N) is 1. The van der Waals surface area contributed by atoms with Crippen molar-refractivity contribution in [2.24, 2.45) is 5.92 Å². The predicted octanol–water partition coefficient (Wildman–Crippen LogP) is 3.01. The van der Waals surface area contributed by atoms with Crippen LogP contribution in [0.15, 0.2) is 36.4 Å². The monoisotopic (exact) mass is 268 g/mol. The Labute approximate surface area is 116 Å². The Kier molecular flexibility index (Phi) is 3.11. The highest BCUT2D eigenvalue weighted by molar-refractivity contribution is 6.07. The fraction of sp³-hybridized carbons (Fsp3) is 0.250. The van der Waals surface area contributed by atoms with Crippen LogP contribution in [0.25, 0.3) is 10.8 Å². The molecule has 3 nitrogen and oxygen atoms in total. The van der Waals surface area contributed by atoms with Crippen molar-refractivity contribution in [2.75, 3.05) is 0 Å². The third kappa shape index (κ3) is 2.23. The van der Waals surface area contributed by atoms with Crippen molar-refractivity contribution in [1.29, 1.82) is 5.26 Å². The van der Waals surface area contributed by atoms with Crippen molar-refractivity contribution in [3.05, 3.63) is 47.8 Å². The number of nitrogens with zero attached hydrogens (tertiary/aromatic N) is 1. The molecule has 1 aliphatic carbocycles. The lowest BCUT2D eigenvalue weighted by atomic mass is 10.0. The first kappa shape index (κ1) is 12.6. The van der Waals surface area contributed by atoms with E-state index in [1.165, 1.54) is 12.1 Å². The van der Waals surface area contributed by atoms with Crippen molar-refractivity contribution in [2.45, 2.75) is 18.9 Å². The number of hydrogen-bond donors (Lipinski definition) is 1. The topological polar surface area (TPSA) is 52.9 Å². The van der Waals surface area contributed by atoms with Crippen LogP contribution < -0.4 is 5.32 Å². The van der Waals surface area contributed by atoms with Crippen LogP contribution in [0.1, 0.15) is 23.2 Å². The van der Waals surface area contributed by atoms with Crippen LogP contribution in [0.3, 0.4) is 0 Å². The summed E-state index contributed by atoms with van der Waals surface area (Å²) >= 11 is 0. The maximum atomic E-state index is 13.7. The molecule has 0 radical (unpaired) electrons. The molecule has 2 aromatic carbocycles. The van der Waals surface area contributed by atoms with Gasteiger partial charge in [0.05, 0.1) is 6.07 Å². The van der Waals surface area contributed by atoms with Crippen LogP contribution in [0.4, 0.5) is 4.39 Å². The Balaban J connectivity index is 1.95. The second-order valence-corrected chi connectivity index (χ2v) is 5.06. The molecule has 1 atom stereocenters. The van der Waals surface area contributed by atoms with Crippen molar-refractivity contribution in [1.82, 2.24) is 5.32 Å². The lowest BCUT2D eigenvalue weighted by molar-refractivity contribution is 0.0943. The van der Waals surface area contributed by atoms with Gasteiger partial charge in [0, 0.05) is 10.9 Å². The predicted molar refractivity (Wildman–Crippen MR) is 73.5 cm³/mol. The highest BCUT2D eigenvalue weighted by atomic mass is 19.1. The summed E-state index contributed by atoms with van der Waals surface area (Å²) in [6.07, 6.45) is 1.95. The Bertz CT molecular complexity index is 716. The number of carbonyl (C=O) groups is 1. The Morgan fingerprint density at radius 2 is 1.95 bits per heavy atom. The van der Waals surface area contributed by atoms with Gasteiger partial charge in [-0.25, -0.2) is 4.39 Å². The average Bonchev–Trinajstić information content (AvgIpc) is 3.30. The van der Waals surface area contributed by atoms with Crippen molar-refractivity contribution < 1.29 is 9.18 Å². The minimum Gasteiger partial charge on any atom is -0.336 e. The van der Waals surface area contributed by atoms with Crippen LogP contribution in [-0.2, 0) is 0 Å². The first-order valence-electron chi connectivity index (χ1n) is 6.58. The van der Waals surface area contributed by atoms with E-state index in [2.05, 4.69) is 11.4 Å². The van der Waals surface area contributed by atoms with Gasteiger partial charge in [0.1, 0.15) is 11.9 Å². The van der Waals surface area contributed by atoms with E-state index in [4.69, 9.17) is 5.26 Å². The Hall–Kier alpha value is -2.41. The van der Waals surface area contributed by atoms with E-state index < -0.39 is 6.04 Å². The lowest BCUT2D eigenvalue weighted by Crippen LogP contribution is -2.35. The van der Waals surface area contributed by atoms with Gasteiger partial charge in [-0.15, -0.1) is 0 Å². The number of halogens is 1. The molecule has 1 unspecified atom stereocenters. The minimum atomic E-state index is -0.452. The Morgan fingerprint density at radius 1 is 1.25 bits per heavy atom. The molecule has 3 rings (SSSR count). The van der Waals surface area contributed by atoms with Gasteiger partial charge in [0.2, 0.25) is 0 Å². The standard InChI is InChI=1S/C16H13FN2O/c17-14-8-7-13(11-3-1-2-4-12(11)14)16(20)19-15(9-18)10-5-6-10/h1-4,7-8,10,15H,5-6H2,(H,19,20). The zero-order valence-electron chi connectivity index (χ0n) is 10.8. The van der Waals surface area contributed by atoms with Gasteiger partial charge in [-0.2, -0.15) is 5.26 Å². The maximum Gasteiger partial charge on any atom is 0.252 e. The fourth-order valence-corrected chi connectivity index (χ4v) is 2.36. The van der Waals surface area contributed by atoms with Crippen LogP contribution in [0.2, 0.25) is 0 Å². The van der Waals surface area contributed by atoms with E-state index >= 15 is 0 Å². The minimum absolute atomic E-state index is 0.260. The fourth-order valence-electron chi connectivity index (χ4n) is 2.36. The first-order valence-corrected chi connectivity index (χ1v) is 6.58. The van der Waals surface area contributed by atoms with Gasteiger partial charge in [0.25, 0.3) is 5.91 Å². The summed E-state index contributed by atoms with van der Waals surface area (Å²) in [4.78, 5) is 12.3. The van der Waals surface area contributed by atoms with E-state index in [0.717, 1.165) is 12.8 Å². The molecule has 1 fully saturated rings. The summed E-state index contributed by atoms with van der Waals surface area (Å²) in [6.45, 7) is 0. The highest BCUT2D eigenvalue weighted by Crippen LogP contribution is 2.32. The molecule has 0 aliphatic heterocycles. The molecular formula is C16H13FN2O. The van der Waals surface area contributed by atoms with E-state index in [0.29, 0.717) is 16.3 Å². The van der Waals surface area contributed by atoms with Crippen LogP contribution >= 0.6 is 0 Å². The molecule has 0 bridgehead atoms. The summed E-state index contributed by atoms with van der Waals surface area (Å²) in [7, 11) is 0. The van der Waals surface area contributed by atoms with E-state index in [1.807, 2.05) is 0 Å². The Morgan fingerprint density at radius 3 is 2.60 bits per heavy atom. The zero-order valence-corrected chi connectivity index (χ0v) is 10.8. The number of rotatable bonds is 3. The molecule has 0 heterocycles. The summed E-state index contributed by atoms with van der Waals surface area (Å²) in [5, 5.41) is 12.8. The van der Waals surface area contributed by atoms with Crippen LogP contribution in [0.5, 0.6) is 0 Å². The molecular weight excluding hydrogens is 255 g/mol.